The molecule has 1 atom stereocenters. The third-order valence-corrected chi connectivity index (χ3v) is 5.60. The quantitative estimate of drug-likeness (QED) is 0.195. The second kappa shape index (κ2) is 20.2. The Kier molecular flexibility index (Phi) is 19.5. The molecule has 0 heterocycles. The topological polar surface area (TPSA) is 66.4 Å². The van der Waals surface area contributed by atoms with Gasteiger partial charge >= 0.3 is 5.97 Å². The molecule has 172 valence electrons. The van der Waals surface area contributed by atoms with Gasteiger partial charge in [0, 0.05) is 6.42 Å². The summed E-state index contributed by atoms with van der Waals surface area (Å²) in [4.78, 5) is 23.1. The van der Waals surface area contributed by atoms with Crippen LogP contribution in [0, 0.1) is 5.92 Å². The van der Waals surface area contributed by atoms with Crippen molar-refractivity contribution < 1.29 is 14.7 Å². The number of unbranched alkanes of at least 4 members (excludes halogenated alkanes) is 15. The van der Waals surface area contributed by atoms with Crippen molar-refractivity contribution in [2.45, 2.75) is 142 Å². The number of carboxylic acid groups (broad SMARTS) is 1. The lowest BCUT2D eigenvalue weighted by molar-refractivity contribution is -0.142. The summed E-state index contributed by atoms with van der Waals surface area (Å²) < 4.78 is 0. The van der Waals surface area contributed by atoms with Crippen LogP contribution in [0.4, 0.5) is 0 Å². The molecule has 0 aliphatic heterocycles. The number of hydrogen-bond donors (Lipinski definition) is 2. The van der Waals surface area contributed by atoms with Gasteiger partial charge in [0.2, 0.25) is 5.91 Å². The first kappa shape index (κ1) is 27.9. The van der Waals surface area contributed by atoms with Crippen molar-refractivity contribution in [2.24, 2.45) is 5.92 Å². The lowest BCUT2D eigenvalue weighted by Crippen LogP contribution is -2.41. The van der Waals surface area contributed by atoms with E-state index in [1.807, 2.05) is 13.8 Å². The van der Waals surface area contributed by atoms with E-state index in [4.69, 9.17) is 5.11 Å². The molecule has 1 unspecified atom stereocenters. The highest BCUT2D eigenvalue weighted by atomic mass is 16.4. The van der Waals surface area contributed by atoms with Crippen molar-refractivity contribution in [1.82, 2.24) is 5.32 Å². The van der Waals surface area contributed by atoms with Crippen molar-refractivity contribution >= 4 is 11.9 Å². The molecule has 0 aromatic carbocycles. The van der Waals surface area contributed by atoms with Crippen LogP contribution in [0.2, 0.25) is 0 Å². The van der Waals surface area contributed by atoms with Crippen LogP contribution in [0.1, 0.15) is 136 Å². The van der Waals surface area contributed by atoms with Gasteiger partial charge < -0.3 is 10.4 Å². The van der Waals surface area contributed by atoms with Gasteiger partial charge in [-0.15, -0.1) is 0 Å². The van der Waals surface area contributed by atoms with Gasteiger partial charge in [-0.1, -0.05) is 117 Å². The van der Waals surface area contributed by atoms with Crippen molar-refractivity contribution in [2.75, 3.05) is 0 Å². The molecule has 0 rings (SSSR count). The van der Waals surface area contributed by atoms with E-state index in [1.165, 1.54) is 89.9 Å². The fourth-order valence-corrected chi connectivity index (χ4v) is 3.79. The Morgan fingerprint density at radius 3 is 1.41 bits per heavy atom. The summed E-state index contributed by atoms with van der Waals surface area (Å²) in [6.07, 6.45) is 21.9. The summed E-state index contributed by atoms with van der Waals surface area (Å²) in [5.41, 5.74) is 0. The predicted octanol–water partition coefficient (Wildman–Crippen LogP) is 7.25. The number of carbonyl (C=O) groups is 2. The molecule has 0 saturated heterocycles. The largest absolute Gasteiger partial charge is 0.480 e. The first-order valence-electron chi connectivity index (χ1n) is 12.5. The number of rotatable bonds is 21. The maximum atomic E-state index is 11.9. The summed E-state index contributed by atoms with van der Waals surface area (Å²) in [6, 6.07) is -0.747. The zero-order chi connectivity index (χ0) is 21.7. The minimum absolute atomic E-state index is 0.122. The Morgan fingerprint density at radius 1 is 0.690 bits per heavy atom. The molecular formula is C25H49NO3. The molecule has 0 aliphatic carbocycles. The number of hydrogen-bond acceptors (Lipinski definition) is 2. The smallest absolute Gasteiger partial charge is 0.326 e. The summed E-state index contributed by atoms with van der Waals surface area (Å²) in [6.45, 7) is 6.21. The average Bonchev–Trinajstić information content (AvgIpc) is 2.66. The van der Waals surface area contributed by atoms with Gasteiger partial charge in [0.05, 0.1) is 0 Å². The Bertz CT molecular complexity index is 396. The highest BCUT2D eigenvalue weighted by Crippen LogP contribution is 2.14. The molecule has 4 heteroatoms. The third-order valence-electron chi connectivity index (χ3n) is 5.60. The summed E-state index contributed by atoms with van der Waals surface area (Å²) >= 11 is 0. The molecule has 0 radical (unpaired) electrons. The van der Waals surface area contributed by atoms with Crippen molar-refractivity contribution in [3.05, 3.63) is 0 Å². The van der Waals surface area contributed by atoms with Gasteiger partial charge in [-0.05, 0) is 18.8 Å². The van der Waals surface area contributed by atoms with E-state index in [-0.39, 0.29) is 11.8 Å². The van der Waals surface area contributed by atoms with Crippen LogP contribution < -0.4 is 5.32 Å². The van der Waals surface area contributed by atoms with Gasteiger partial charge in [-0.25, -0.2) is 4.79 Å². The fourth-order valence-electron chi connectivity index (χ4n) is 3.79. The molecule has 0 aromatic rings. The maximum Gasteiger partial charge on any atom is 0.326 e. The Morgan fingerprint density at radius 2 is 1.07 bits per heavy atom. The molecule has 0 spiro atoms. The molecule has 2 N–H and O–H groups in total. The van der Waals surface area contributed by atoms with E-state index >= 15 is 0 Å². The third kappa shape index (κ3) is 20.0. The number of carbonyl (C=O) groups excluding carboxylic acids is 1. The van der Waals surface area contributed by atoms with E-state index in [1.54, 1.807) is 0 Å². The maximum absolute atomic E-state index is 11.9. The van der Waals surface area contributed by atoms with E-state index in [0.717, 1.165) is 12.8 Å². The predicted molar refractivity (Wildman–Crippen MR) is 123 cm³/mol. The Balaban J connectivity index is 3.38. The van der Waals surface area contributed by atoms with Crippen LogP contribution in [0.25, 0.3) is 0 Å². The first-order chi connectivity index (χ1) is 14.0. The molecular weight excluding hydrogens is 362 g/mol. The van der Waals surface area contributed by atoms with E-state index in [9.17, 15) is 9.59 Å². The zero-order valence-electron chi connectivity index (χ0n) is 19.6. The van der Waals surface area contributed by atoms with Gasteiger partial charge in [0.25, 0.3) is 0 Å². The number of carboxylic acids is 1. The average molecular weight is 412 g/mol. The molecule has 0 aliphatic rings. The summed E-state index contributed by atoms with van der Waals surface area (Å²) in [7, 11) is 0. The summed E-state index contributed by atoms with van der Waals surface area (Å²) in [5, 5.41) is 11.8. The lowest BCUT2D eigenvalue weighted by Gasteiger charge is -2.16. The monoisotopic (exact) mass is 411 g/mol. The molecule has 0 saturated carbocycles. The van der Waals surface area contributed by atoms with Crippen molar-refractivity contribution in [3.8, 4) is 0 Å². The fraction of sp³-hybridized carbons (Fsp3) is 0.920. The number of aliphatic carboxylic acids is 1. The Labute approximate surface area is 180 Å². The Hall–Kier alpha value is -1.06. The van der Waals surface area contributed by atoms with Crippen LogP contribution in [0.3, 0.4) is 0 Å². The molecule has 4 nitrogen and oxygen atoms in total. The molecule has 0 bridgehead atoms. The zero-order valence-corrected chi connectivity index (χ0v) is 19.6. The first-order valence-corrected chi connectivity index (χ1v) is 12.5. The standard InChI is InChI=1S/C25H49NO3/c1-4-5-6-7-8-9-10-11-12-13-14-15-16-17-18-19-20-24(27)26-23(25(28)29)21-22(2)3/h22-23H,4-21H2,1-3H3,(H,26,27)(H,28,29). The molecule has 0 aromatic heterocycles. The van der Waals surface area contributed by atoms with E-state index in [0.29, 0.717) is 12.8 Å². The second-order valence-corrected chi connectivity index (χ2v) is 9.14. The summed E-state index contributed by atoms with van der Waals surface area (Å²) in [5.74, 6) is -0.797. The molecule has 29 heavy (non-hydrogen) atoms. The van der Waals surface area contributed by atoms with Crippen LogP contribution >= 0.6 is 0 Å². The van der Waals surface area contributed by atoms with Crippen LogP contribution in [0.5, 0.6) is 0 Å². The highest BCUT2D eigenvalue weighted by Gasteiger charge is 2.20. The minimum Gasteiger partial charge on any atom is -0.480 e. The van der Waals surface area contributed by atoms with Crippen molar-refractivity contribution in [1.29, 1.82) is 0 Å². The minimum atomic E-state index is -0.931. The molecule has 1 amide bonds. The molecule has 0 fully saturated rings. The van der Waals surface area contributed by atoms with Gasteiger partial charge in [0.1, 0.15) is 6.04 Å². The lowest BCUT2D eigenvalue weighted by atomic mass is 10.0. The normalized spacial score (nSPS) is 12.3. The van der Waals surface area contributed by atoms with Crippen molar-refractivity contribution in [3.63, 3.8) is 0 Å². The van der Waals surface area contributed by atoms with Crippen LogP contribution in [-0.4, -0.2) is 23.0 Å². The van der Waals surface area contributed by atoms with E-state index in [2.05, 4.69) is 12.2 Å². The van der Waals surface area contributed by atoms with E-state index < -0.39 is 12.0 Å². The van der Waals surface area contributed by atoms with Gasteiger partial charge in [-0.3, -0.25) is 4.79 Å². The second-order valence-electron chi connectivity index (χ2n) is 9.14. The SMILES string of the molecule is CCCCCCCCCCCCCCCCCCC(=O)NC(CC(C)C)C(=O)O. The number of nitrogens with one attached hydrogen (secondary N) is 1. The highest BCUT2D eigenvalue weighted by molar-refractivity contribution is 5.83. The van der Waals surface area contributed by atoms with Gasteiger partial charge in [-0.2, -0.15) is 0 Å². The van der Waals surface area contributed by atoms with Crippen LogP contribution in [0.15, 0.2) is 0 Å². The van der Waals surface area contributed by atoms with Crippen LogP contribution in [-0.2, 0) is 9.59 Å². The number of amides is 1. The van der Waals surface area contributed by atoms with Gasteiger partial charge in [0.15, 0.2) is 0 Å².